The second-order valence-corrected chi connectivity index (χ2v) is 8.26. The number of aromatic nitrogens is 2. The van der Waals surface area contributed by atoms with Gasteiger partial charge < -0.3 is 4.90 Å². The second kappa shape index (κ2) is 9.84. The number of likely N-dealkylation sites (N-methyl/N-ethyl adjacent to an activating group) is 1. The average molecular weight is 415 g/mol. The van der Waals surface area contributed by atoms with Crippen molar-refractivity contribution < 1.29 is 4.79 Å². The summed E-state index contributed by atoms with van der Waals surface area (Å²) >= 11 is 0. The van der Waals surface area contributed by atoms with Gasteiger partial charge in [-0.2, -0.15) is 0 Å². The minimum Gasteiger partial charge on any atom is -0.341 e. The van der Waals surface area contributed by atoms with Gasteiger partial charge in [0, 0.05) is 50.8 Å². The molecule has 0 aliphatic carbocycles. The van der Waals surface area contributed by atoms with Crippen LogP contribution >= 0.6 is 0 Å². The zero-order chi connectivity index (χ0) is 21.6. The summed E-state index contributed by atoms with van der Waals surface area (Å²) in [5.41, 5.74) is 5.62. The van der Waals surface area contributed by atoms with E-state index >= 15 is 0 Å². The molecule has 0 N–H and O–H groups in total. The maximum atomic E-state index is 13.2. The lowest BCUT2D eigenvalue weighted by Crippen LogP contribution is -2.37. The standard InChI is InChI=1S/C26H30N4O/c1-3-30-16-15-29(19-25-6-4-5-20(2)28-25)18-24(26(30)31)17-21-7-9-22(10-8-21)23-11-13-27-14-12-23/h4-14,24H,3,15-19H2,1-2H3/t24-/m0/s1. The molecule has 5 nitrogen and oxygen atoms in total. The van der Waals surface area contributed by atoms with Gasteiger partial charge in [0.25, 0.3) is 0 Å². The first-order chi connectivity index (χ1) is 15.1. The highest BCUT2D eigenvalue weighted by Gasteiger charge is 2.29. The molecule has 2 aromatic heterocycles. The number of hydrogen-bond donors (Lipinski definition) is 0. The fourth-order valence-electron chi connectivity index (χ4n) is 4.30. The average Bonchev–Trinajstić information content (AvgIpc) is 2.93. The van der Waals surface area contributed by atoms with E-state index < -0.39 is 0 Å². The molecular formula is C26H30N4O. The smallest absolute Gasteiger partial charge is 0.227 e. The maximum absolute atomic E-state index is 13.2. The molecule has 4 rings (SSSR count). The molecule has 0 bridgehead atoms. The van der Waals surface area contributed by atoms with E-state index in [4.69, 9.17) is 0 Å². The number of nitrogens with zero attached hydrogens (tertiary/aromatic N) is 4. The van der Waals surface area contributed by atoms with E-state index in [2.05, 4.69) is 58.2 Å². The van der Waals surface area contributed by atoms with Gasteiger partial charge in [0.1, 0.15) is 0 Å². The molecule has 5 heteroatoms. The fourth-order valence-corrected chi connectivity index (χ4v) is 4.30. The third kappa shape index (κ3) is 5.36. The quantitative estimate of drug-likeness (QED) is 0.612. The zero-order valence-electron chi connectivity index (χ0n) is 18.4. The highest BCUT2D eigenvalue weighted by molar-refractivity contribution is 5.79. The SMILES string of the molecule is CCN1CCN(Cc2cccc(C)n2)C[C@H](Cc2ccc(-c3ccncc3)cc2)C1=O. The predicted octanol–water partition coefficient (Wildman–Crippen LogP) is 3.98. The van der Waals surface area contributed by atoms with Crippen molar-refractivity contribution in [1.29, 1.82) is 0 Å². The number of carbonyl (C=O) groups is 1. The van der Waals surface area contributed by atoms with Crippen molar-refractivity contribution >= 4 is 5.91 Å². The minimum atomic E-state index is -0.0426. The van der Waals surface area contributed by atoms with E-state index in [0.29, 0.717) is 0 Å². The van der Waals surface area contributed by atoms with Crippen LogP contribution < -0.4 is 0 Å². The number of benzene rings is 1. The Labute approximate surface area is 184 Å². The Morgan fingerprint density at radius 2 is 1.71 bits per heavy atom. The summed E-state index contributed by atoms with van der Waals surface area (Å²) in [4.78, 5) is 26.3. The first-order valence-electron chi connectivity index (χ1n) is 11.1. The van der Waals surface area contributed by atoms with E-state index in [0.717, 1.165) is 56.1 Å². The van der Waals surface area contributed by atoms with Crippen molar-refractivity contribution in [3.8, 4) is 11.1 Å². The molecule has 3 aromatic rings. The molecule has 1 amide bonds. The number of pyridine rings is 2. The Hall–Kier alpha value is -3.05. The largest absolute Gasteiger partial charge is 0.341 e. The van der Waals surface area contributed by atoms with Crippen molar-refractivity contribution in [2.24, 2.45) is 5.92 Å². The van der Waals surface area contributed by atoms with Crippen molar-refractivity contribution in [3.63, 3.8) is 0 Å². The molecule has 1 aliphatic heterocycles. The first kappa shape index (κ1) is 21.2. The Morgan fingerprint density at radius 1 is 0.968 bits per heavy atom. The Bertz CT molecular complexity index is 1000. The van der Waals surface area contributed by atoms with Gasteiger partial charge in [-0.3, -0.25) is 19.7 Å². The molecule has 0 radical (unpaired) electrons. The van der Waals surface area contributed by atoms with Gasteiger partial charge in [0.05, 0.1) is 11.6 Å². The summed E-state index contributed by atoms with van der Waals surface area (Å²) in [6.07, 6.45) is 4.37. The minimum absolute atomic E-state index is 0.0426. The van der Waals surface area contributed by atoms with Crippen LogP contribution in [0.5, 0.6) is 0 Å². The van der Waals surface area contributed by atoms with Crippen molar-refractivity contribution in [1.82, 2.24) is 19.8 Å². The topological polar surface area (TPSA) is 49.3 Å². The lowest BCUT2D eigenvalue weighted by Gasteiger charge is -2.23. The molecule has 3 heterocycles. The highest BCUT2D eigenvalue weighted by Crippen LogP contribution is 2.22. The van der Waals surface area contributed by atoms with Crippen molar-refractivity contribution in [2.45, 2.75) is 26.8 Å². The number of aryl methyl sites for hydroxylation is 1. The number of hydrogen-bond acceptors (Lipinski definition) is 4. The molecule has 1 aliphatic rings. The molecule has 1 fully saturated rings. The molecular weight excluding hydrogens is 384 g/mol. The summed E-state index contributed by atoms with van der Waals surface area (Å²) in [7, 11) is 0. The van der Waals surface area contributed by atoms with Crippen LogP contribution in [0.15, 0.2) is 67.0 Å². The van der Waals surface area contributed by atoms with Crippen molar-refractivity contribution in [3.05, 3.63) is 83.9 Å². The van der Waals surface area contributed by atoms with Gasteiger partial charge in [-0.15, -0.1) is 0 Å². The van der Waals surface area contributed by atoms with Crippen LogP contribution in [-0.2, 0) is 17.8 Å². The maximum Gasteiger partial charge on any atom is 0.227 e. The van der Waals surface area contributed by atoms with Crippen LogP contribution in [0, 0.1) is 12.8 Å². The fraction of sp³-hybridized carbons (Fsp3) is 0.346. The van der Waals surface area contributed by atoms with Crippen molar-refractivity contribution in [2.75, 3.05) is 26.2 Å². The van der Waals surface area contributed by atoms with E-state index in [1.54, 1.807) is 0 Å². The second-order valence-electron chi connectivity index (χ2n) is 8.26. The third-order valence-corrected chi connectivity index (χ3v) is 5.99. The molecule has 1 aromatic carbocycles. The third-order valence-electron chi connectivity index (χ3n) is 5.99. The van der Waals surface area contributed by atoms with Crippen LogP contribution in [0.2, 0.25) is 0 Å². The van der Waals surface area contributed by atoms with Gasteiger partial charge in [-0.25, -0.2) is 0 Å². The summed E-state index contributed by atoms with van der Waals surface area (Å²) in [5.74, 6) is 0.222. The summed E-state index contributed by atoms with van der Waals surface area (Å²) in [6, 6.07) is 18.8. The van der Waals surface area contributed by atoms with Gasteiger partial charge >= 0.3 is 0 Å². The molecule has 1 saturated heterocycles. The summed E-state index contributed by atoms with van der Waals surface area (Å²) < 4.78 is 0. The van der Waals surface area contributed by atoms with Gasteiger partial charge in [-0.05, 0) is 61.2 Å². The molecule has 160 valence electrons. The number of carbonyl (C=O) groups excluding carboxylic acids is 1. The summed E-state index contributed by atoms with van der Waals surface area (Å²) in [6.45, 7) is 8.04. The molecule has 0 saturated carbocycles. The molecule has 0 spiro atoms. The Kier molecular flexibility index (Phi) is 6.73. The molecule has 1 atom stereocenters. The van der Waals surface area contributed by atoms with E-state index in [1.165, 1.54) is 11.1 Å². The van der Waals surface area contributed by atoms with Crippen LogP contribution in [-0.4, -0.2) is 51.9 Å². The molecule has 31 heavy (non-hydrogen) atoms. The monoisotopic (exact) mass is 414 g/mol. The summed E-state index contributed by atoms with van der Waals surface area (Å²) in [5, 5.41) is 0. The first-order valence-corrected chi connectivity index (χ1v) is 11.1. The predicted molar refractivity (Wildman–Crippen MR) is 123 cm³/mol. The Morgan fingerprint density at radius 3 is 2.42 bits per heavy atom. The van der Waals surface area contributed by atoms with Crippen LogP contribution in [0.25, 0.3) is 11.1 Å². The van der Waals surface area contributed by atoms with Gasteiger partial charge in [0.15, 0.2) is 0 Å². The lowest BCUT2D eigenvalue weighted by atomic mass is 9.96. The normalized spacial score (nSPS) is 17.5. The number of rotatable bonds is 6. The van der Waals surface area contributed by atoms with Crippen LogP contribution in [0.3, 0.4) is 0 Å². The van der Waals surface area contributed by atoms with E-state index in [1.807, 2.05) is 42.4 Å². The highest BCUT2D eigenvalue weighted by atomic mass is 16.2. The van der Waals surface area contributed by atoms with Crippen LogP contribution in [0.1, 0.15) is 23.9 Å². The van der Waals surface area contributed by atoms with Gasteiger partial charge in [0.2, 0.25) is 5.91 Å². The molecule has 0 unspecified atom stereocenters. The van der Waals surface area contributed by atoms with Gasteiger partial charge in [-0.1, -0.05) is 30.3 Å². The zero-order valence-corrected chi connectivity index (χ0v) is 18.4. The van der Waals surface area contributed by atoms with E-state index in [-0.39, 0.29) is 11.8 Å². The lowest BCUT2D eigenvalue weighted by molar-refractivity contribution is -0.134. The van der Waals surface area contributed by atoms with Crippen LogP contribution in [0.4, 0.5) is 0 Å². The number of amides is 1. The Balaban J connectivity index is 1.49. The van der Waals surface area contributed by atoms with E-state index in [9.17, 15) is 4.79 Å².